The highest BCUT2D eigenvalue weighted by Crippen LogP contribution is 2.35. The molecule has 0 amide bonds. The van der Waals surface area contributed by atoms with Gasteiger partial charge in [-0.3, -0.25) is 9.89 Å². The lowest BCUT2D eigenvalue weighted by molar-refractivity contribution is -0.137. The molecule has 1 atom stereocenters. The molecular formula is C26H22F5N3OS2. The van der Waals surface area contributed by atoms with Crippen LogP contribution >= 0.6 is 24.0 Å². The fourth-order valence-electron chi connectivity index (χ4n) is 3.91. The third-order valence-corrected chi connectivity index (χ3v) is 6.90. The SMILES string of the molecule is COc1c(F)cccc1C(Cc1cccc(F)c1)N=C1SCCN1C(=S)Nc1cccc(C(F)(F)F)c1. The first-order valence-corrected chi connectivity index (χ1v) is 12.6. The lowest BCUT2D eigenvalue weighted by Gasteiger charge is -2.23. The number of aliphatic imine (C=N–C) groups is 1. The summed E-state index contributed by atoms with van der Waals surface area (Å²) in [5.41, 5.74) is 0.529. The van der Waals surface area contributed by atoms with Gasteiger partial charge in [0.15, 0.2) is 21.8 Å². The first-order chi connectivity index (χ1) is 17.7. The number of amidine groups is 1. The van der Waals surface area contributed by atoms with Crippen LogP contribution in [0.3, 0.4) is 0 Å². The summed E-state index contributed by atoms with van der Waals surface area (Å²) in [7, 11) is 1.36. The first-order valence-electron chi connectivity index (χ1n) is 11.2. The number of anilines is 1. The van der Waals surface area contributed by atoms with Gasteiger partial charge in [-0.15, -0.1) is 0 Å². The smallest absolute Gasteiger partial charge is 0.416 e. The van der Waals surface area contributed by atoms with Crippen molar-refractivity contribution in [2.45, 2.75) is 18.6 Å². The number of ether oxygens (including phenoxy) is 1. The monoisotopic (exact) mass is 551 g/mol. The summed E-state index contributed by atoms with van der Waals surface area (Å²) in [6.45, 7) is 0.473. The van der Waals surface area contributed by atoms with Crippen molar-refractivity contribution in [1.82, 2.24) is 4.90 Å². The van der Waals surface area contributed by atoms with Crippen LogP contribution in [0.1, 0.15) is 22.7 Å². The number of hydrogen-bond acceptors (Lipinski definition) is 4. The number of methoxy groups -OCH3 is 1. The van der Waals surface area contributed by atoms with Crippen LogP contribution in [0.25, 0.3) is 0 Å². The molecule has 0 saturated carbocycles. The molecule has 1 heterocycles. The molecule has 1 aliphatic rings. The van der Waals surface area contributed by atoms with Gasteiger partial charge < -0.3 is 10.1 Å². The molecule has 0 aromatic heterocycles. The lowest BCUT2D eigenvalue weighted by atomic mass is 9.98. The van der Waals surface area contributed by atoms with E-state index in [4.69, 9.17) is 21.9 Å². The lowest BCUT2D eigenvalue weighted by Crippen LogP contribution is -2.35. The standard InChI is InChI=1S/C26H22F5N3OS2/c1-35-23-20(9-4-10-21(23)28)22(14-16-5-2-7-18(27)13-16)33-25-34(11-12-37-25)24(36)32-19-8-3-6-17(15-19)26(29,30)31/h2-10,13,15,22H,11-12,14H2,1H3,(H,32,36). The average molecular weight is 552 g/mol. The molecule has 11 heteroatoms. The number of thioether (sulfide) groups is 1. The van der Waals surface area contributed by atoms with E-state index in [0.717, 1.165) is 12.1 Å². The highest BCUT2D eigenvalue weighted by molar-refractivity contribution is 8.14. The van der Waals surface area contributed by atoms with Crippen molar-refractivity contribution in [3.8, 4) is 5.75 Å². The van der Waals surface area contributed by atoms with E-state index >= 15 is 0 Å². The van der Waals surface area contributed by atoms with Crippen LogP contribution < -0.4 is 10.1 Å². The molecule has 3 aromatic rings. The van der Waals surface area contributed by atoms with Crippen LogP contribution in [0.15, 0.2) is 71.7 Å². The fourth-order valence-corrected chi connectivity index (χ4v) is 5.26. The summed E-state index contributed by atoms with van der Waals surface area (Å²) in [4.78, 5) is 6.54. The number of hydrogen-bond donors (Lipinski definition) is 1. The predicted octanol–water partition coefficient (Wildman–Crippen LogP) is 7.08. The molecule has 1 aliphatic heterocycles. The molecule has 4 rings (SSSR count). The number of alkyl halides is 3. The second kappa shape index (κ2) is 11.5. The molecule has 37 heavy (non-hydrogen) atoms. The highest BCUT2D eigenvalue weighted by atomic mass is 32.2. The molecule has 0 spiro atoms. The van der Waals surface area contributed by atoms with Gasteiger partial charge in [-0.2, -0.15) is 13.2 Å². The van der Waals surface area contributed by atoms with Crippen molar-refractivity contribution in [1.29, 1.82) is 0 Å². The minimum atomic E-state index is -4.48. The Morgan fingerprint density at radius 3 is 2.59 bits per heavy atom. The maximum Gasteiger partial charge on any atom is 0.416 e. The quantitative estimate of drug-likeness (QED) is 0.262. The number of nitrogens with one attached hydrogen (secondary N) is 1. The molecule has 0 bridgehead atoms. The van der Waals surface area contributed by atoms with Crippen LogP contribution in [0.2, 0.25) is 0 Å². The molecule has 194 valence electrons. The second-order valence-electron chi connectivity index (χ2n) is 8.13. The van der Waals surface area contributed by atoms with Crippen LogP contribution in [0.4, 0.5) is 27.6 Å². The Balaban J connectivity index is 1.65. The molecule has 0 aliphatic carbocycles. The minimum Gasteiger partial charge on any atom is -0.493 e. The third kappa shape index (κ3) is 6.58. The molecular weight excluding hydrogens is 529 g/mol. The Labute approximate surface area is 220 Å². The van der Waals surface area contributed by atoms with Gasteiger partial charge in [-0.25, -0.2) is 8.78 Å². The zero-order chi connectivity index (χ0) is 26.6. The number of nitrogens with zero attached hydrogens (tertiary/aromatic N) is 2. The van der Waals surface area contributed by atoms with E-state index in [1.165, 1.54) is 49.2 Å². The van der Waals surface area contributed by atoms with Gasteiger partial charge in [0.25, 0.3) is 0 Å². The first kappa shape index (κ1) is 26.9. The van der Waals surface area contributed by atoms with Gasteiger partial charge in [0.2, 0.25) is 0 Å². The van der Waals surface area contributed by atoms with Crippen molar-refractivity contribution in [2.24, 2.45) is 4.99 Å². The van der Waals surface area contributed by atoms with Crippen LogP contribution in [-0.2, 0) is 12.6 Å². The Kier molecular flexibility index (Phi) is 8.33. The third-order valence-electron chi connectivity index (χ3n) is 5.61. The van der Waals surface area contributed by atoms with Crippen LogP contribution in [0.5, 0.6) is 5.75 Å². The number of rotatable bonds is 6. The summed E-state index contributed by atoms with van der Waals surface area (Å²) in [6.07, 6.45) is -4.23. The zero-order valence-electron chi connectivity index (χ0n) is 19.6. The maximum absolute atomic E-state index is 14.5. The molecule has 1 unspecified atom stereocenters. The molecule has 1 N–H and O–H groups in total. The Hall–Kier alpha value is -3.18. The Bertz CT molecular complexity index is 1320. The number of halogens is 5. The van der Waals surface area contributed by atoms with Crippen LogP contribution in [-0.4, -0.2) is 34.6 Å². The van der Waals surface area contributed by atoms with E-state index in [1.54, 1.807) is 29.2 Å². The fraction of sp³-hybridized carbons (Fsp3) is 0.231. The van der Waals surface area contributed by atoms with Gasteiger partial charge in [0, 0.05) is 23.5 Å². The number of para-hydroxylation sites is 1. The van der Waals surface area contributed by atoms with Crippen molar-refractivity contribution in [2.75, 3.05) is 24.7 Å². The number of benzene rings is 3. The zero-order valence-corrected chi connectivity index (χ0v) is 21.2. The Morgan fingerprint density at radius 1 is 1.11 bits per heavy atom. The Morgan fingerprint density at radius 2 is 1.86 bits per heavy atom. The maximum atomic E-state index is 14.5. The average Bonchev–Trinajstić information content (AvgIpc) is 3.31. The van der Waals surface area contributed by atoms with E-state index in [9.17, 15) is 22.0 Å². The van der Waals surface area contributed by atoms with Gasteiger partial charge in [-0.1, -0.05) is 42.1 Å². The second-order valence-corrected chi connectivity index (χ2v) is 9.58. The number of thiocarbonyl (C=S) groups is 1. The van der Waals surface area contributed by atoms with E-state index < -0.39 is 29.4 Å². The topological polar surface area (TPSA) is 36.9 Å². The van der Waals surface area contributed by atoms with Crippen molar-refractivity contribution in [3.05, 3.63) is 95.1 Å². The van der Waals surface area contributed by atoms with Gasteiger partial charge in [0.05, 0.1) is 18.7 Å². The minimum absolute atomic E-state index is 0.0347. The summed E-state index contributed by atoms with van der Waals surface area (Å²) in [6, 6.07) is 14.7. The molecule has 1 saturated heterocycles. The molecule has 0 radical (unpaired) electrons. The van der Waals surface area contributed by atoms with Gasteiger partial charge >= 0.3 is 6.18 Å². The van der Waals surface area contributed by atoms with E-state index in [0.29, 0.717) is 28.6 Å². The predicted molar refractivity (Wildman–Crippen MR) is 140 cm³/mol. The largest absolute Gasteiger partial charge is 0.493 e. The normalized spacial score (nSPS) is 15.6. The van der Waals surface area contributed by atoms with Crippen molar-refractivity contribution in [3.63, 3.8) is 0 Å². The van der Waals surface area contributed by atoms with E-state index in [-0.39, 0.29) is 23.0 Å². The van der Waals surface area contributed by atoms with E-state index in [2.05, 4.69) is 5.32 Å². The summed E-state index contributed by atoms with van der Waals surface area (Å²) >= 11 is 6.91. The van der Waals surface area contributed by atoms with Crippen molar-refractivity contribution < 1.29 is 26.7 Å². The molecule has 3 aromatic carbocycles. The van der Waals surface area contributed by atoms with Gasteiger partial charge in [-0.05, 0) is 60.6 Å². The van der Waals surface area contributed by atoms with E-state index in [1.807, 2.05) is 0 Å². The van der Waals surface area contributed by atoms with Gasteiger partial charge in [0.1, 0.15) is 5.82 Å². The molecule has 4 nitrogen and oxygen atoms in total. The molecule has 1 fully saturated rings. The van der Waals surface area contributed by atoms with Crippen LogP contribution in [0, 0.1) is 11.6 Å². The summed E-state index contributed by atoms with van der Waals surface area (Å²) in [5, 5.41) is 3.55. The summed E-state index contributed by atoms with van der Waals surface area (Å²) < 4.78 is 73.1. The van der Waals surface area contributed by atoms with Crippen molar-refractivity contribution >= 4 is 39.9 Å². The highest BCUT2D eigenvalue weighted by Gasteiger charge is 2.31. The summed E-state index contributed by atoms with van der Waals surface area (Å²) in [5.74, 6) is -0.288.